The molecule has 3 fully saturated rings. The van der Waals surface area contributed by atoms with Gasteiger partial charge >= 0.3 is 0 Å². The van der Waals surface area contributed by atoms with Crippen LogP contribution >= 0.6 is 0 Å². The normalized spacial score (nSPS) is 65.8. The van der Waals surface area contributed by atoms with Crippen molar-refractivity contribution in [3.8, 4) is 0 Å². The molecule has 2 heteroatoms. The van der Waals surface area contributed by atoms with Crippen LogP contribution in [0.3, 0.4) is 0 Å². The molecule has 1 saturated heterocycles. The Bertz CT molecular complexity index is 303. The van der Waals surface area contributed by atoms with Crippen molar-refractivity contribution in [3.63, 3.8) is 0 Å². The van der Waals surface area contributed by atoms with E-state index in [2.05, 4.69) is 27.7 Å². The molecule has 1 aliphatic heterocycles. The smallest absolute Gasteiger partial charge is 0.0744 e. The van der Waals surface area contributed by atoms with Gasteiger partial charge < -0.3 is 9.47 Å². The van der Waals surface area contributed by atoms with Crippen molar-refractivity contribution >= 4 is 0 Å². The molecule has 2 saturated carbocycles. The fourth-order valence-corrected chi connectivity index (χ4v) is 5.37. The predicted molar refractivity (Wildman–Crippen MR) is 58.6 cm³/mol. The summed E-state index contributed by atoms with van der Waals surface area (Å²) >= 11 is 0. The third-order valence-corrected chi connectivity index (χ3v) is 5.92. The van der Waals surface area contributed by atoms with Crippen LogP contribution in [0.15, 0.2) is 0 Å². The number of methoxy groups -OCH3 is 1. The highest BCUT2D eigenvalue weighted by Crippen LogP contribution is 2.80. The van der Waals surface area contributed by atoms with Crippen molar-refractivity contribution in [3.05, 3.63) is 0 Å². The Hall–Kier alpha value is -0.0800. The highest BCUT2D eigenvalue weighted by Gasteiger charge is 2.85. The maximum atomic E-state index is 5.97. The molecule has 0 aromatic heterocycles. The average molecular weight is 210 g/mol. The van der Waals surface area contributed by atoms with Crippen molar-refractivity contribution < 1.29 is 9.47 Å². The van der Waals surface area contributed by atoms with E-state index >= 15 is 0 Å². The number of hydrogen-bond donors (Lipinski definition) is 0. The second-order valence-corrected chi connectivity index (χ2v) is 5.98. The molecule has 7 unspecified atom stereocenters. The SMILES string of the molecule is CCC12C(OC)C(C)C1C1(C)C(C)OC12. The van der Waals surface area contributed by atoms with Crippen molar-refractivity contribution in [2.45, 2.75) is 52.4 Å². The molecule has 0 aromatic rings. The second kappa shape index (κ2) is 2.60. The van der Waals surface area contributed by atoms with E-state index in [9.17, 15) is 0 Å². The molecule has 15 heavy (non-hydrogen) atoms. The zero-order valence-electron chi connectivity index (χ0n) is 10.4. The van der Waals surface area contributed by atoms with Gasteiger partial charge in [-0.2, -0.15) is 0 Å². The van der Waals surface area contributed by atoms with Gasteiger partial charge in [-0.3, -0.25) is 0 Å². The van der Waals surface area contributed by atoms with E-state index in [1.807, 2.05) is 7.11 Å². The van der Waals surface area contributed by atoms with Crippen molar-refractivity contribution in [2.24, 2.45) is 22.7 Å². The lowest BCUT2D eigenvalue weighted by Gasteiger charge is -2.84. The maximum Gasteiger partial charge on any atom is 0.0744 e. The minimum Gasteiger partial charge on any atom is -0.380 e. The average Bonchev–Trinajstić information content (AvgIpc) is 2.22. The molecule has 0 N–H and O–H groups in total. The summed E-state index contributed by atoms with van der Waals surface area (Å²) < 4.78 is 11.6. The van der Waals surface area contributed by atoms with Gasteiger partial charge in [0, 0.05) is 17.9 Å². The molecule has 86 valence electrons. The standard InChI is InChI=1S/C13H22O2/c1-6-13-9(7(2)10(13)14-5)12(4)8(3)15-11(12)13/h7-11H,6H2,1-5H3. The summed E-state index contributed by atoms with van der Waals surface area (Å²) in [5.41, 5.74) is 0.805. The lowest BCUT2D eigenvalue weighted by atomic mass is 9.27. The predicted octanol–water partition coefficient (Wildman–Crippen LogP) is 2.47. The number of rotatable bonds is 2. The summed E-state index contributed by atoms with van der Waals surface area (Å²) in [6, 6.07) is 0. The van der Waals surface area contributed by atoms with Crippen LogP contribution in [0, 0.1) is 22.7 Å². The third kappa shape index (κ3) is 0.706. The number of ether oxygens (including phenoxy) is 2. The van der Waals surface area contributed by atoms with E-state index in [1.165, 1.54) is 6.42 Å². The Morgan fingerprint density at radius 3 is 2.47 bits per heavy atom. The third-order valence-electron chi connectivity index (χ3n) is 5.92. The first-order valence-corrected chi connectivity index (χ1v) is 6.23. The largest absolute Gasteiger partial charge is 0.380 e. The summed E-state index contributed by atoms with van der Waals surface area (Å²) in [5, 5.41) is 0. The Labute approximate surface area is 92.3 Å². The first kappa shape index (κ1) is 10.1. The van der Waals surface area contributed by atoms with Gasteiger partial charge in [0.05, 0.1) is 18.3 Å². The molecular weight excluding hydrogens is 188 g/mol. The van der Waals surface area contributed by atoms with Gasteiger partial charge in [0.15, 0.2) is 0 Å². The summed E-state index contributed by atoms with van der Waals surface area (Å²) in [6.45, 7) is 9.27. The van der Waals surface area contributed by atoms with Gasteiger partial charge in [0.1, 0.15) is 0 Å². The van der Waals surface area contributed by atoms with Gasteiger partial charge in [-0.15, -0.1) is 0 Å². The van der Waals surface area contributed by atoms with Crippen LogP contribution < -0.4 is 0 Å². The summed E-state index contributed by atoms with van der Waals surface area (Å²) in [4.78, 5) is 0. The summed E-state index contributed by atoms with van der Waals surface area (Å²) in [5.74, 6) is 1.54. The molecule has 0 aromatic carbocycles. The molecule has 3 aliphatic rings. The quantitative estimate of drug-likeness (QED) is 0.697. The maximum absolute atomic E-state index is 5.97. The van der Waals surface area contributed by atoms with E-state index in [0.717, 1.165) is 5.92 Å². The molecule has 3 rings (SSSR count). The fraction of sp³-hybridized carbons (Fsp3) is 1.00. The number of hydrogen-bond acceptors (Lipinski definition) is 2. The second-order valence-electron chi connectivity index (χ2n) is 5.98. The van der Waals surface area contributed by atoms with Crippen LogP contribution in [0.5, 0.6) is 0 Å². The monoisotopic (exact) mass is 210 g/mol. The molecule has 1 heterocycles. The van der Waals surface area contributed by atoms with Gasteiger partial charge in [0.25, 0.3) is 0 Å². The molecule has 0 spiro atoms. The number of fused-ring (bicyclic) bond motifs is 4. The van der Waals surface area contributed by atoms with Crippen LogP contribution in [-0.2, 0) is 9.47 Å². The molecule has 2 aliphatic carbocycles. The van der Waals surface area contributed by atoms with Crippen LogP contribution in [0.4, 0.5) is 0 Å². The highest BCUT2D eigenvalue weighted by molar-refractivity contribution is 5.32. The van der Waals surface area contributed by atoms with E-state index < -0.39 is 0 Å². The van der Waals surface area contributed by atoms with E-state index in [4.69, 9.17) is 9.47 Å². The first-order valence-electron chi connectivity index (χ1n) is 6.23. The summed E-state index contributed by atoms with van der Waals surface area (Å²) in [6.07, 6.45) is 2.55. The van der Waals surface area contributed by atoms with Crippen LogP contribution in [0.25, 0.3) is 0 Å². The molecule has 0 amide bonds. The molecule has 0 bridgehead atoms. The zero-order chi connectivity index (χ0) is 11.0. The first-order chi connectivity index (χ1) is 7.05. The van der Waals surface area contributed by atoms with E-state index in [1.54, 1.807) is 0 Å². The minimum atomic E-state index is 0.357. The van der Waals surface area contributed by atoms with Crippen LogP contribution in [0.2, 0.25) is 0 Å². The van der Waals surface area contributed by atoms with Gasteiger partial charge in [-0.25, -0.2) is 0 Å². The topological polar surface area (TPSA) is 18.5 Å². The lowest BCUT2D eigenvalue weighted by molar-refractivity contribution is -0.474. The Kier molecular flexibility index (Phi) is 1.75. The molecule has 0 radical (unpaired) electrons. The van der Waals surface area contributed by atoms with Gasteiger partial charge in [-0.1, -0.05) is 20.8 Å². The van der Waals surface area contributed by atoms with Crippen molar-refractivity contribution in [2.75, 3.05) is 7.11 Å². The van der Waals surface area contributed by atoms with Crippen LogP contribution in [-0.4, -0.2) is 25.4 Å². The lowest BCUT2D eigenvalue weighted by Crippen LogP contribution is -2.90. The van der Waals surface area contributed by atoms with Gasteiger partial charge in [0.2, 0.25) is 0 Å². The van der Waals surface area contributed by atoms with Crippen LogP contribution in [0.1, 0.15) is 34.1 Å². The fourth-order valence-electron chi connectivity index (χ4n) is 5.37. The molecular formula is C13H22O2. The van der Waals surface area contributed by atoms with E-state index in [-0.39, 0.29) is 0 Å². The molecule has 7 atom stereocenters. The van der Waals surface area contributed by atoms with Crippen molar-refractivity contribution in [1.29, 1.82) is 0 Å². The Morgan fingerprint density at radius 1 is 1.33 bits per heavy atom. The van der Waals surface area contributed by atoms with Gasteiger partial charge in [-0.05, 0) is 25.2 Å². The minimum absolute atomic E-state index is 0.357. The molecule has 2 nitrogen and oxygen atoms in total. The highest BCUT2D eigenvalue weighted by atomic mass is 16.5. The Morgan fingerprint density at radius 2 is 2.00 bits per heavy atom. The summed E-state index contributed by atoms with van der Waals surface area (Å²) in [7, 11) is 1.85. The van der Waals surface area contributed by atoms with Crippen molar-refractivity contribution in [1.82, 2.24) is 0 Å². The van der Waals surface area contributed by atoms with E-state index in [0.29, 0.717) is 35.1 Å². The zero-order valence-corrected chi connectivity index (χ0v) is 10.4. The Balaban J connectivity index is 1.93.